The lowest BCUT2D eigenvalue weighted by Crippen LogP contribution is -2.38. The first-order valence-corrected chi connectivity index (χ1v) is 7.31. The molecule has 0 fully saturated rings. The first-order valence-electron chi connectivity index (χ1n) is 7.31. The van der Waals surface area contributed by atoms with Crippen LogP contribution in [0.5, 0.6) is 5.75 Å². The minimum Gasteiger partial charge on any atom is -0.497 e. The molecule has 23 heavy (non-hydrogen) atoms. The second kappa shape index (κ2) is 5.72. The second-order valence-electron chi connectivity index (χ2n) is 5.50. The van der Waals surface area contributed by atoms with Crippen LogP contribution in [-0.2, 0) is 0 Å². The van der Waals surface area contributed by atoms with Gasteiger partial charge in [-0.1, -0.05) is 29.8 Å². The first kappa shape index (κ1) is 15.0. The fraction of sp³-hybridized carbons (Fsp3) is 0.158. The van der Waals surface area contributed by atoms with E-state index in [2.05, 4.69) is 0 Å². The molecule has 0 atom stereocenters. The number of anilines is 2. The average molecular weight is 307 g/mol. The maximum atomic E-state index is 12.1. The highest BCUT2D eigenvalue weighted by molar-refractivity contribution is 5.85. The highest BCUT2D eigenvalue weighted by Gasteiger charge is 2.25. The highest BCUT2D eigenvalue weighted by atomic mass is 16.5. The Bertz CT molecular complexity index is 901. The van der Waals surface area contributed by atoms with E-state index in [9.17, 15) is 9.59 Å². The Balaban J connectivity index is 2.04. The molecule has 3 rings (SSSR count). The van der Waals surface area contributed by atoms with Crippen LogP contribution in [-0.4, -0.2) is 14.2 Å². The van der Waals surface area contributed by atoms with Crippen molar-refractivity contribution in [2.24, 2.45) is 0 Å². The summed E-state index contributed by atoms with van der Waals surface area (Å²) in [6.45, 7) is 2.00. The lowest BCUT2D eigenvalue weighted by molar-refractivity contribution is 0.415. The minimum absolute atomic E-state index is 0.434. The summed E-state index contributed by atoms with van der Waals surface area (Å²) >= 11 is 0. The van der Waals surface area contributed by atoms with Crippen molar-refractivity contribution >= 4 is 11.4 Å². The van der Waals surface area contributed by atoms with Gasteiger partial charge in [-0.25, -0.2) is 0 Å². The van der Waals surface area contributed by atoms with Gasteiger partial charge >= 0.3 is 0 Å². The number of aryl methyl sites for hydroxylation is 1. The number of ether oxygens (including phenoxy) is 1. The van der Waals surface area contributed by atoms with Gasteiger partial charge in [0.15, 0.2) is 0 Å². The lowest BCUT2D eigenvalue weighted by Gasteiger charge is -2.23. The zero-order valence-corrected chi connectivity index (χ0v) is 13.3. The van der Waals surface area contributed by atoms with Crippen molar-refractivity contribution in [1.29, 1.82) is 0 Å². The maximum absolute atomic E-state index is 12.1. The SMILES string of the molecule is COc1ccc(-c2c(N(C)c3ccc(C)cc3)c(=O)c2=O)cc1. The molecule has 0 bridgehead atoms. The van der Waals surface area contributed by atoms with Crippen molar-refractivity contribution < 1.29 is 4.74 Å². The van der Waals surface area contributed by atoms with Crippen molar-refractivity contribution in [3.05, 3.63) is 74.5 Å². The third-order valence-corrected chi connectivity index (χ3v) is 4.02. The number of hydrogen-bond donors (Lipinski definition) is 0. The summed E-state index contributed by atoms with van der Waals surface area (Å²) in [5, 5.41) is 0. The third kappa shape index (κ3) is 2.52. The molecular formula is C19H17NO3. The summed E-state index contributed by atoms with van der Waals surface area (Å²) in [6.07, 6.45) is 0. The van der Waals surface area contributed by atoms with Crippen LogP contribution in [0.4, 0.5) is 11.4 Å². The van der Waals surface area contributed by atoms with Gasteiger partial charge in [-0.15, -0.1) is 0 Å². The van der Waals surface area contributed by atoms with Crippen LogP contribution < -0.4 is 20.5 Å². The van der Waals surface area contributed by atoms with Crippen molar-refractivity contribution in [3.8, 4) is 16.9 Å². The van der Waals surface area contributed by atoms with Crippen LogP contribution in [0, 0.1) is 6.92 Å². The Morgan fingerprint density at radius 1 is 0.870 bits per heavy atom. The number of rotatable bonds is 4. The van der Waals surface area contributed by atoms with E-state index in [0.29, 0.717) is 17.0 Å². The summed E-state index contributed by atoms with van der Waals surface area (Å²) in [6, 6.07) is 15.0. The van der Waals surface area contributed by atoms with Gasteiger partial charge in [-0.3, -0.25) is 9.59 Å². The molecule has 0 spiro atoms. The lowest BCUT2D eigenvalue weighted by atomic mass is 9.97. The van der Waals surface area contributed by atoms with Gasteiger partial charge in [0, 0.05) is 12.7 Å². The minimum atomic E-state index is -0.445. The third-order valence-electron chi connectivity index (χ3n) is 4.02. The van der Waals surface area contributed by atoms with Gasteiger partial charge < -0.3 is 9.64 Å². The largest absolute Gasteiger partial charge is 0.497 e. The van der Waals surface area contributed by atoms with Gasteiger partial charge in [0.25, 0.3) is 5.43 Å². The van der Waals surface area contributed by atoms with Gasteiger partial charge in [0.1, 0.15) is 11.4 Å². The van der Waals surface area contributed by atoms with E-state index < -0.39 is 10.9 Å². The number of methoxy groups -OCH3 is 1. The fourth-order valence-electron chi connectivity index (χ4n) is 2.62. The van der Waals surface area contributed by atoms with E-state index in [1.807, 2.05) is 31.2 Å². The van der Waals surface area contributed by atoms with Crippen molar-refractivity contribution in [2.75, 3.05) is 19.1 Å². The molecule has 0 aliphatic carbocycles. The molecule has 3 aromatic carbocycles. The standard InChI is InChI=1S/C19H17NO3/c1-12-4-8-14(9-5-12)20(2)17-16(18(21)19(17)22)13-6-10-15(23-3)11-7-13/h4-11H,1-3H3. The van der Waals surface area contributed by atoms with Crippen LogP contribution in [0.3, 0.4) is 0 Å². The predicted octanol–water partition coefficient (Wildman–Crippen LogP) is 3.03. The molecular weight excluding hydrogens is 290 g/mol. The van der Waals surface area contributed by atoms with Crippen LogP contribution in [0.15, 0.2) is 58.1 Å². The molecule has 0 aliphatic rings. The van der Waals surface area contributed by atoms with E-state index in [0.717, 1.165) is 16.8 Å². The number of hydrogen-bond acceptors (Lipinski definition) is 4. The monoisotopic (exact) mass is 307 g/mol. The summed E-state index contributed by atoms with van der Waals surface area (Å²) in [4.78, 5) is 25.9. The van der Waals surface area contributed by atoms with Gasteiger partial charge in [0.2, 0.25) is 5.43 Å². The van der Waals surface area contributed by atoms with Gasteiger partial charge in [-0.05, 0) is 36.8 Å². The Morgan fingerprint density at radius 2 is 1.48 bits per heavy atom. The van der Waals surface area contributed by atoms with E-state index in [4.69, 9.17) is 4.74 Å². The Labute approximate surface area is 134 Å². The van der Waals surface area contributed by atoms with Crippen molar-refractivity contribution in [3.63, 3.8) is 0 Å². The Morgan fingerprint density at radius 3 is 2.04 bits per heavy atom. The molecule has 0 radical (unpaired) electrons. The summed E-state index contributed by atoms with van der Waals surface area (Å²) < 4.78 is 5.12. The first-order chi connectivity index (χ1) is 11.0. The van der Waals surface area contributed by atoms with E-state index in [-0.39, 0.29) is 0 Å². The van der Waals surface area contributed by atoms with Crippen LogP contribution in [0.25, 0.3) is 11.1 Å². The van der Waals surface area contributed by atoms with Crippen molar-refractivity contribution in [1.82, 2.24) is 0 Å². The quantitative estimate of drug-likeness (QED) is 0.695. The molecule has 3 aromatic rings. The van der Waals surface area contributed by atoms with Gasteiger partial charge in [0.05, 0.1) is 12.7 Å². The summed E-state index contributed by atoms with van der Waals surface area (Å²) in [7, 11) is 3.39. The molecule has 4 nitrogen and oxygen atoms in total. The summed E-state index contributed by atoms with van der Waals surface area (Å²) in [5.74, 6) is 0.709. The molecule has 0 heterocycles. The molecule has 0 aliphatic heterocycles. The van der Waals surface area contributed by atoms with E-state index in [1.165, 1.54) is 0 Å². The normalized spacial score (nSPS) is 10.7. The maximum Gasteiger partial charge on any atom is 0.250 e. The zero-order chi connectivity index (χ0) is 16.6. The molecule has 0 unspecified atom stereocenters. The Kier molecular flexibility index (Phi) is 3.74. The molecule has 0 N–H and O–H groups in total. The van der Waals surface area contributed by atoms with Crippen LogP contribution in [0.2, 0.25) is 0 Å². The topological polar surface area (TPSA) is 46.6 Å². The van der Waals surface area contributed by atoms with Gasteiger partial charge in [-0.2, -0.15) is 0 Å². The molecule has 116 valence electrons. The molecule has 0 aromatic heterocycles. The van der Waals surface area contributed by atoms with Crippen molar-refractivity contribution in [2.45, 2.75) is 6.92 Å². The predicted molar refractivity (Wildman–Crippen MR) is 92.6 cm³/mol. The fourth-order valence-corrected chi connectivity index (χ4v) is 2.62. The molecule has 4 heteroatoms. The average Bonchev–Trinajstić information content (AvgIpc) is 2.59. The van der Waals surface area contributed by atoms with E-state index in [1.54, 1.807) is 43.3 Å². The summed E-state index contributed by atoms with van der Waals surface area (Å²) in [5.41, 5.74) is 2.75. The Hall–Kier alpha value is -2.88. The smallest absolute Gasteiger partial charge is 0.250 e. The molecule has 0 amide bonds. The van der Waals surface area contributed by atoms with Crippen LogP contribution in [0.1, 0.15) is 5.56 Å². The number of benzene rings is 2. The van der Waals surface area contributed by atoms with Crippen LogP contribution >= 0.6 is 0 Å². The highest BCUT2D eigenvalue weighted by Crippen LogP contribution is 2.31. The number of nitrogens with zero attached hydrogens (tertiary/aromatic N) is 1. The molecule has 0 saturated heterocycles. The molecule has 0 saturated carbocycles. The van der Waals surface area contributed by atoms with E-state index >= 15 is 0 Å². The second-order valence-corrected chi connectivity index (χ2v) is 5.50. The zero-order valence-electron chi connectivity index (χ0n) is 13.3.